The van der Waals surface area contributed by atoms with E-state index in [1.165, 1.54) is 11.5 Å². The summed E-state index contributed by atoms with van der Waals surface area (Å²) in [4.78, 5) is 2.35. The minimum Gasteiger partial charge on any atom is -0.386 e. The highest BCUT2D eigenvalue weighted by atomic mass is 32.2. The molecule has 0 aromatic rings. The second kappa shape index (κ2) is 9.21. The van der Waals surface area contributed by atoms with Gasteiger partial charge in [-0.2, -0.15) is 11.8 Å². The summed E-state index contributed by atoms with van der Waals surface area (Å²) in [7, 11) is 0. The molecule has 84 valence electrons. The number of nitrogens with one attached hydrogen (secondary N) is 1. The average Bonchev–Trinajstić information content (AvgIpc) is 2.22. The Morgan fingerprint density at radius 1 is 1.50 bits per heavy atom. The zero-order valence-corrected chi connectivity index (χ0v) is 10.4. The monoisotopic (exact) mass is 217 g/mol. The van der Waals surface area contributed by atoms with Crippen LogP contribution in [0, 0.1) is 0 Å². The van der Waals surface area contributed by atoms with Crippen LogP contribution in [0.2, 0.25) is 0 Å². The lowest BCUT2D eigenvalue weighted by Gasteiger charge is -2.21. The molecule has 0 radical (unpaired) electrons. The van der Waals surface area contributed by atoms with Crippen LogP contribution in [0.5, 0.6) is 0 Å². The standard InChI is InChI=1S/C10H23N3S/c1-4-10(11)12-9-13(5-2)7-8-14-6-3/h4,12H,5-9,11H2,1-3H3/b10-4+. The van der Waals surface area contributed by atoms with Gasteiger partial charge in [0.2, 0.25) is 0 Å². The number of rotatable bonds is 8. The number of nitrogens with two attached hydrogens (primary N) is 1. The highest BCUT2D eigenvalue weighted by molar-refractivity contribution is 7.99. The van der Waals surface area contributed by atoms with Crippen molar-refractivity contribution >= 4 is 11.8 Å². The number of hydrogen-bond acceptors (Lipinski definition) is 4. The van der Waals surface area contributed by atoms with Crippen LogP contribution in [0.15, 0.2) is 11.9 Å². The van der Waals surface area contributed by atoms with E-state index < -0.39 is 0 Å². The Kier molecular flexibility index (Phi) is 8.98. The van der Waals surface area contributed by atoms with Crippen LogP contribution in [0.1, 0.15) is 20.8 Å². The first kappa shape index (κ1) is 13.7. The van der Waals surface area contributed by atoms with Crippen LogP contribution in [-0.4, -0.2) is 36.2 Å². The van der Waals surface area contributed by atoms with Crippen LogP contribution in [0.3, 0.4) is 0 Å². The average molecular weight is 217 g/mol. The fourth-order valence-electron chi connectivity index (χ4n) is 0.992. The molecule has 0 heterocycles. The van der Waals surface area contributed by atoms with Crippen molar-refractivity contribution < 1.29 is 0 Å². The largest absolute Gasteiger partial charge is 0.386 e. The van der Waals surface area contributed by atoms with Crippen LogP contribution in [0.4, 0.5) is 0 Å². The Bertz CT molecular complexity index is 159. The number of hydrogen-bond donors (Lipinski definition) is 2. The normalized spacial score (nSPS) is 12.1. The van der Waals surface area contributed by atoms with E-state index in [1.54, 1.807) is 0 Å². The second-order valence-electron chi connectivity index (χ2n) is 2.99. The first-order valence-electron chi connectivity index (χ1n) is 5.20. The second-order valence-corrected chi connectivity index (χ2v) is 4.38. The van der Waals surface area contributed by atoms with Crippen molar-refractivity contribution in [2.75, 3.05) is 31.3 Å². The molecule has 4 heteroatoms. The van der Waals surface area contributed by atoms with Crippen molar-refractivity contribution in [3.63, 3.8) is 0 Å². The molecule has 0 aliphatic rings. The van der Waals surface area contributed by atoms with Gasteiger partial charge in [0.25, 0.3) is 0 Å². The molecule has 0 saturated heterocycles. The molecule has 0 amide bonds. The summed E-state index contributed by atoms with van der Waals surface area (Å²) in [6, 6.07) is 0. The number of nitrogens with zero attached hydrogens (tertiary/aromatic N) is 1. The minimum atomic E-state index is 0.756. The fraction of sp³-hybridized carbons (Fsp3) is 0.800. The molecule has 0 fully saturated rings. The Morgan fingerprint density at radius 2 is 2.21 bits per heavy atom. The van der Waals surface area contributed by atoms with Crippen LogP contribution < -0.4 is 11.1 Å². The van der Waals surface area contributed by atoms with E-state index in [0.29, 0.717) is 0 Å². The molecule has 0 aliphatic heterocycles. The summed E-state index contributed by atoms with van der Waals surface area (Å²) >= 11 is 1.98. The summed E-state index contributed by atoms with van der Waals surface area (Å²) in [6.45, 7) is 9.33. The first-order valence-corrected chi connectivity index (χ1v) is 6.35. The smallest absolute Gasteiger partial charge is 0.0926 e. The van der Waals surface area contributed by atoms with E-state index >= 15 is 0 Å². The SMILES string of the molecule is C/C=C(\N)NCN(CC)CCSCC. The number of thioether (sulfide) groups is 1. The van der Waals surface area contributed by atoms with E-state index in [4.69, 9.17) is 5.73 Å². The van der Waals surface area contributed by atoms with Gasteiger partial charge in [0.1, 0.15) is 0 Å². The predicted octanol–water partition coefficient (Wildman–Crippen LogP) is 1.43. The van der Waals surface area contributed by atoms with Crippen molar-refractivity contribution in [1.82, 2.24) is 10.2 Å². The zero-order valence-electron chi connectivity index (χ0n) is 9.55. The Balaban J connectivity index is 3.57. The molecule has 0 spiro atoms. The highest BCUT2D eigenvalue weighted by Gasteiger charge is 2.00. The van der Waals surface area contributed by atoms with Gasteiger partial charge in [-0.05, 0) is 25.3 Å². The van der Waals surface area contributed by atoms with Crippen LogP contribution in [0.25, 0.3) is 0 Å². The Hall–Kier alpha value is -0.350. The summed E-state index contributed by atoms with van der Waals surface area (Å²) in [5, 5.41) is 3.17. The molecule has 0 aromatic heterocycles. The topological polar surface area (TPSA) is 41.3 Å². The van der Waals surface area contributed by atoms with Crippen molar-refractivity contribution in [1.29, 1.82) is 0 Å². The third kappa shape index (κ3) is 7.09. The van der Waals surface area contributed by atoms with Gasteiger partial charge in [-0.1, -0.05) is 13.8 Å². The third-order valence-electron chi connectivity index (χ3n) is 2.02. The fourth-order valence-corrected chi connectivity index (χ4v) is 1.67. The maximum absolute atomic E-state index is 5.65. The number of allylic oxidation sites excluding steroid dienone is 1. The van der Waals surface area contributed by atoms with Crippen molar-refractivity contribution in [2.45, 2.75) is 20.8 Å². The van der Waals surface area contributed by atoms with E-state index in [0.717, 1.165) is 25.6 Å². The molecule has 14 heavy (non-hydrogen) atoms. The maximum Gasteiger partial charge on any atom is 0.0926 e. The Labute approximate surface area is 92.1 Å². The van der Waals surface area contributed by atoms with Gasteiger partial charge in [-0.3, -0.25) is 4.90 Å². The quantitative estimate of drug-likeness (QED) is 0.477. The molecule has 0 rings (SSSR count). The van der Waals surface area contributed by atoms with E-state index in [-0.39, 0.29) is 0 Å². The molecule has 3 nitrogen and oxygen atoms in total. The van der Waals surface area contributed by atoms with Gasteiger partial charge in [0.05, 0.1) is 12.5 Å². The zero-order chi connectivity index (χ0) is 10.8. The molecular formula is C10H23N3S. The molecule has 0 aromatic carbocycles. The van der Waals surface area contributed by atoms with Gasteiger partial charge in [-0.15, -0.1) is 0 Å². The molecule has 0 unspecified atom stereocenters. The van der Waals surface area contributed by atoms with E-state index in [2.05, 4.69) is 24.1 Å². The molecule has 0 saturated carbocycles. The van der Waals surface area contributed by atoms with Crippen molar-refractivity contribution in [3.05, 3.63) is 11.9 Å². The molecule has 3 N–H and O–H groups in total. The summed E-state index contributed by atoms with van der Waals surface area (Å²) in [5.41, 5.74) is 5.65. The molecule has 0 bridgehead atoms. The van der Waals surface area contributed by atoms with E-state index in [1.807, 2.05) is 24.8 Å². The van der Waals surface area contributed by atoms with Crippen molar-refractivity contribution in [3.8, 4) is 0 Å². The lowest BCUT2D eigenvalue weighted by Crippen LogP contribution is -2.37. The van der Waals surface area contributed by atoms with Crippen LogP contribution in [-0.2, 0) is 0 Å². The van der Waals surface area contributed by atoms with Gasteiger partial charge in [0, 0.05) is 12.3 Å². The first-order chi connectivity index (χ1) is 6.74. The van der Waals surface area contributed by atoms with Gasteiger partial charge < -0.3 is 11.1 Å². The lowest BCUT2D eigenvalue weighted by atomic mass is 10.5. The third-order valence-corrected chi connectivity index (χ3v) is 2.90. The molecule has 0 aliphatic carbocycles. The summed E-state index contributed by atoms with van der Waals surface area (Å²) in [5.74, 6) is 3.15. The summed E-state index contributed by atoms with van der Waals surface area (Å²) in [6.07, 6.45) is 1.88. The van der Waals surface area contributed by atoms with Gasteiger partial charge >= 0.3 is 0 Å². The van der Waals surface area contributed by atoms with Crippen molar-refractivity contribution in [2.24, 2.45) is 5.73 Å². The lowest BCUT2D eigenvalue weighted by molar-refractivity contribution is 0.292. The molecular weight excluding hydrogens is 194 g/mol. The summed E-state index contributed by atoms with van der Waals surface area (Å²) < 4.78 is 0. The predicted molar refractivity (Wildman–Crippen MR) is 66.2 cm³/mol. The van der Waals surface area contributed by atoms with Gasteiger partial charge in [0.15, 0.2) is 0 Å². The van der Waals surface area contributed by atoms with Crippen LogP contribution >= 0.6 is 11.8 Å². The minimum absolute atomic E-state index is 0.756. The molecule has 0 atom stereocenters. The van der Waals surface area contributed by atoms with E-state index in [9.17, 15) is 0 Å². The Morgan fingerprint density at radius 3 is 2.71 bits per heavy atom. The highest BCUT2D eigenvalue weighted by Crippen LogP contribution is 1.99. The van der Waals surface area contributed by atoms with Gasteiger partial charge in [-0.25, -0.2) is 0 Å². The maximum atomic E-state index is 5.65.